The molecular weight excluding hydrogens is 326 g/mol. The molecule has 0 atom stereocenters. The van der Waals surface area contributed by atoms with Crippen molar-refractivity contribution in [3.05, 3.63) is 47.9 Å². The van der Waals surface area contributed by atoms with E-state index < -0.39 is 0 Å². The highest BCUT2D eigenvalue weighted by molar-refractivity contribution is 7.98. The summed E-state index contributed by atoms with van der Waals surface area (Å²) >= 11 is 3.42. The van der Waals surface area contributed by atoms with Gasteiger partial charge in [-0.1, -0.05) is 12.1 Å². The van der Waals surface area contributed by atoms with Gasteiger partial charge in [-0.25, -0.2) is 0 Å². The zero-order valence-electron chi connectivity index (χ0n) is 13.4. The zero-order valence-corrected chi connectivity index (χ0v) is 15.0. The molecule has 2 aromatic heterocycles. The Kier molecular flexibility index (Phi) is 5.59. The Morgan fingerprint density at radius 1 is 1.17 bits per heavy atom. The molecule has 0 radical (unpaired) electrons. The van der Waals surface area contributed by atoms with Crippen molar-refractivity contribution in [1.82, 2.24) is 9.27 Å². The van der Waals surface area contributed by atoms with Crippen molar-refractivity contribution < 1.29 is 4.42 Å². The first-order chi connectivity index (χ1) is 11.2. The Labute approximate surface area is 145 Å². The van der Waals surface area contributed by atoms with Crippen LogP contribution in [0.1, 0.15) is 11.5 Å². The van der Waals surface area contributed by atoms with Gasteiger partial charge in [0, 0.05) is 17.7 Å². The molecule has 0 saturated carbocycles. The molecule has 122 valence electrons. The Morgan fingerprint density at radius 3 is 2.87 bits per heavy atom. The number of benzene rings is 1. The van der Waals surface area contributed by atoms with Crippen LogP contribution in [0, 0.1) is 0 Å². The van der Waals surface area contributed by atoms with E-state index in [1.165, 1.54) is 10.1 Å². The maximum absolute atomic E-state index is 5.81. The smallest absolute Gasteiger partial charge is 0.147 e. The maximum Gasteiger partial charge on any atom is 0.147 e. The van der Waals surface area contributed by atoms with Gasteiger partial charge in [-0.3, -0.25) is 0 Å². The average Bonchev–Trinajstić information content (AvgIpc) is 3.14. The lowest BCUT2D eigenvalue weighted by atomic mass is 10.3. The number of furan rings is 1. The van der Waals surface area contributed by atoms with Crippen molar-refractivity contribution in [1.29, 1.82) is 0 Å². The molecule has 4 nitrogen and oxygen atoms in total. The van der Waals surface area contributed by atoms with Crippen LogP contribution in [0.15, 0.2) is 40.8 Å². The molecule has 3 aromatic rings. The van der Waals surface area contributed by atoms with Crippen LogP contribution in [-0.4, -0.2) is 35.7 Å². The van der Waals surface area contributed by atoms with E-state index in [1.807, 2.05) is 31.9 Å². The second-order valence-corrected chi connectivity index (χ2v) is 7.52. The van der Waals surface area contributed by atoms with Gasteiger partial charge in [-0.15, -0.1) is 0 Å². The second-order valence-electron chi connectivity index (χ2n) is 5.61. The molecule has 0 bridgehead atoms. The van der Waals surface area contributed by atoms with Gasteiger partial charge in [0.25, 0.3) is 0 Å². The predicted octanol–water partition coefficient (Wildman–Crippen LogP) is 4.30. The fourth-order valence-electron chi connectivity index (χ4n) is 2.32. The van der Waals surface area contributed by atoms with Gasteiger partial charge in [0.05, 0.1) is 17.0 Å². The summed E-state index contributed by atoms with van der Waals surface area (Å²) in [6.07, 6.45) is 0. The van der Waals surface area contributed by atoms with E-state index >= 15 is 0 Å². The number of hydrogen-bond donors (Lipinski definition) is 1. The summed E-state index contributed by atoms with van der Waals surface area (Å²) in [4.78, 5) is 2.11. The summed E-state index contributed by atoms with van der Waals surface area (Å²) in [7, 11) is 4.09. The number of fused-ring (bicyclic) bond motifs is 1. The predicted molar refractivity (Wildman–Crippen MR) is 100 cm³/mol. The fourth-order valence-corrected chi connectivity index (χ4v) is 3.83. The van der Waals surface area contributed by atoms with Gasteiger partial charge in [0.2, 0.25) is 0 Å². The van der Waals surface area contributed by atoms with Crippen molar-refractivity contribution >= 4 is 39.2 Å². The molecule has 1 aromatic carbocycles. The third-order valence-electron chi connectivity index (χ3n) is 3.35. The van der Waals surface area contributed by atoms with Gasteiger partial charge in [-0.05, 0) is 49.9 Å². The van der Waals surface area contributed by atoms with Gasteiger partial charge in [0.15, 0.2) is 0 Å². The summed E-state index contributed by atoms with van der Waals surface area (Å²) in [5, 5.41) is 4.64. The van der Waals surface area contributed by atoms with Crippen LogP contribution in [0.4, 0.5) is 5.82 Å². The molecule has 2 heterocycles. The zero-order chi connectivity index (χ0) is 16.1. The molecule has 23 heavy (non-hydrogen) atoms. The molecule has 6 heteroatoms. The topological polar surface area (TPSA) is 41.3 Å². The monoisotopic (exact) mass is 347 g/mol. The van der Waals surface area contributed by atoms with E-state index in [4.69, 9.17) is 4.42 Å². The van der Waals surface area contributed by atoms with Gasteiger partial charge in [0.1, 0.15) is 17.3 Å². The lowest BCUT2D eigenvalue weighted by Crippen LogP contribution is -2.09. The normalized spacial score (nSPS) is 11.4. The summed E-state index contributed by atoms with van der Waals surface area (Å²) in [6, 6.07) is 12.5. The number of nitrogens with zero attached hydrogens (tertiary/aromatic N) is 2. The Bertz CT molecular complexity index is 751. The summed E-state index contributed by atoms with van der Waals surface area (Å²) in [6.45, 7) is 1.76. The minimum atomic E-state index is 0.850. The molecule has 0 unspecified atom stereocenters. The van der Waals surface area contributed by atoms with E-state index in [9.17, 15) is 0 Å². The molecule has 0 spiro atoms. The highest BCUT2D eigenvalue weighted by atomic mass is 32.2. The van der Waals surface area contributed by atoms with E-state index in [-0.39, 0.29) is 0 Å². The third-order valence-corrected chi connectivity index (χ3v) is 5.16. The first-order valence-electron chi connectivity index (χ1n) is 7.61. The molecule has 1 N–H and O–H groups in total. The standard InChI is InChI=1S/C17H21N3OS2/c1-20(2)11-13-7-8-14(21-13)12-22-10-9-18-17-15-5-3-4-6-16(15)23-19-17/h3-8H,9-12H2,1-2H3,(H,18,19). The maximum atomic E-state index is 5.81. The number of aromatic nitrogens is 1. The van der Waals surface area contributed by atoms with Gasteiger partial charge >= 0.3 is 0 Å². The largest absolute Gasteiger partial charge is 0.464 e. The number of thioether (sulfide) groups is 1. The molecule has 0 aliphatic carbocycles. The minimum absolute atomic E-state index is 0.850. The summed E-state index contributed by atoms with van der Waals surface area (Å²) in [5.74, 6) is 5.00. The SMILES string of the molecule is CN(C)Cc1ccc(CSCCNc2nsc3ccccc23)o1. The van der Waals surface area contributed by atoms with Crippen LogP contribution in [0.3, 0.4) is 0 Å². The highest BCUT2D eigenvalue weighted by Gasteiger charge is 2.05. The van der Waals surface area contributed by atoms with E-state index in [0.29, 0.717) is 0 Å². The third kappa shape index (κ3) is 4.50. The second kappa shape index (κ2) is 7.86. The lowest BCUT2D eigenvalue weighted by Gasteiger charge is -2.06. The van der Waals surface area contributed by atoms with E-state index in [2.05, 4.69) is 44.9 Å². The Morgan fingerprint density at radius 2 is 2.00 bits per heavy atom. The van der Waals surface area contributed by atoms with Crippen LogP contribution in [0.5, 0.6) is 0 Å². The Hall–Kier alpha value is -1.50. The molecule has 0 fully saturated rings. The lowest BCUT2D eigenvalue weighted by molar-refractivity contribution is 0.344. The molecule has 0 aliphatic heterocycles. The van der Waals surface area contributed by atoms with Gasteiger partial charge in [-0.2, -0.15) is 16.1 Å². The minimum Gasteiger partial charge on any atom is -0.464 e. The first kappa shape index (κ1) is 16.4. The van der Waals surface area contributed by atoms with Crippen molar-refractivity contribution in [2.24, 2.45) is 0 Å². The highest BCUT2D eigenvalue weighted by Crippen LogP contribution is 2.26. The fraction of sp³-hybridized carbons (Fsp3) is 0.353. The molecular formula is C17H21N3OS2. The van der Waals surface area contributed by atoms with E-state index in [1.54, 1.807) is 11.5 Å². The molecule has 0 amide bonds. The van der Waals surface area contributed by atoms with E-state index in [0.717, 1.165) is 41.9 Å². The van der Waals surface area contributed by atoms with Crippen LogP contribution >= 0.6 is 23.3 Å². The van der Waals surface area contributed by atoms with Crippen molar-refractivity contribution in [2.45, 2.75) is 12.3 Å². The van der Waals surface area contributed by atoms with Crippen molar-refractivity contribution in [3.8, 4) is 0 Å². The van der Waals surface area contributed by atoms with Gasteiger partial charge < -0.3 is 14.6 Å². The Balaban J connectivity index is 1.41. The quantitative estimate of drug-likeness (QED) is 0.615. The van der Waals surface area contributed by atoms with Crippen LogP contribution in [0.2, 0.25) is 0 Å². The summed E-state index contributed by atoms with van der Waals surface area (Å²) < 4.78 is 11.5. The van der Waals surface area contributed by atoms with Crippen LogP contribution < -0.4 is 5.32 Å². The number of rotatable bonds is 8. The summed E-state index contributed by atoms with van der Waals surface area (Å²) in [5.41, 5.74) is 0. The first-order valence-corrected chi connectivity index (χ1v) is 9.53. The number of anilines is 1. The van der Waals surface area contributed by atoms with Crippen LogP contribution in [-0.2, 0) is 12.3 Å². The number of nitrogens with one attached hydrogen (secondary N) is 1. The van der Waals surface area contributed by atoms with Crippen molar-refractivity contribution in [2.75, 3.05) is 31.7 Å². The molecule has 0 saturated heterocycles. The van der Waals surface area contributed by atoms with Crippen LogP contribution in [0.25, 0.3) is 10.1 Å². The average molecular weight is 348 g/mol. The van der Waals surface area contributed by atoms with Crippen molar-refractivity contribution in [3.63, 3.8) is 0 Å². The molecule has 0 aliphatic rings. The molecule has 3 rings (SSSR count). The number of hydrogen-bond acceptors (Lipinski definition) is 6.